The Morgan fingerprint density at radius 2 is 2.20 bits per heavy atom. The molecule has 0 unspecified atom stereocenters. The Morgan fingerprint density at radius 1 is 1.70 bits per heavy atom. The lowest BCUT2D eigenvalue weighted by molar-refractivity contribution is -0.119. The van der Waals surface area contributed by atoms with Gasteiger partial charge in [0, 0.05) is 5.75 Å². The van der Waals surface area contributed by atoms with Gasteiger partial charge in [-0.1, -0.05) is 11.8 Å². The highest BCUT2D eigenvalue weighted by Gasteiger charge is 2.25. The predicted octanol–water partition coefficient (Wildman–Crippen LogP) is 1.10. The number of thioether (sulfide) groups is 1. The SMILES string of the molecule is [CH2]CSC(=O)C(C)(C)CO. The summed E-state index contributed by atoms with van der Waals surface area (Å²) in [5.74, 6) is 0.530. The Bertz CT molecular complexity index is 121. The largest absolute Gasteiger partial charge is 0.395 e. The summed E-state index contributed by atoms with van der Waals surface area (Å²) in [6.45, 7) is 6.88. The fourth-order valence-electron chi connectivity index (χ4n) is 0.353. The minimum atomic E-state index is -0.609. The standard InChI is InChI=1S/C7H13O2S/c1-4-10-6(9)7(2,3)5-8/h8H,1,4-5H2,2-3H3. The summed E-state index contributed by atoms with van der Waals surface area (Å²) in [5, 5.41) is 8.74. The zero-order valence-electron chi connectivity index (χ0n) is 6.39. The van der Waals surface area contributed by atoms with E-state index in [0.717, 1.165) is 11.8 Å². The van der Waals surface area contributed by atoms with Gasteiger partial charge in [0.15, 0.2) is 5.12 Å². The van der Waals surface area contributed by atoms with Crippen LogP contribution in [0.1, 0.15) is 13.8 Å². The van der Waals surface area contributed by atoms with Gasteiger partial charge < -0.3 is 5.11 Å². The van der Waals surface area contributed by atoms with Gasteiger partial charge in [-0.15, -0.1) is 0 Å². The van der Waals surface area contributed by atoms with Gasteiger partial charge in [0.25, 0.3) is 0 Å². The van der Waals surface area contributed by atoms with E-state index in [9.17, 15) is 4.79 Å². The van der Waals surface area contributed by atoms with Gasteiger partial charge >= 0.3 is 0 Å². The quantitative estimate of drug-likeness (QED) is 0.673. The first-order valence-electron chi connectivity index (χ1n) is 3.12. The van der Waals surface area contributed by atoms with Gasteiger partial charge in [0.2, 0.25) is 0 Å². The first kappa shape index (κ1) is 9.98. The smallest absolute Gasteiger partial charge is 0.196 e. The molecule has 0 heterocycles. The predicted molar refractivity (Wildman–Crippen MR) is 43.7 cm³/mol. The molecule has 0 aliphatic rings. The van der Waals surface area contributed by atoms with E-state index in [0.29, 0.717) is 5.75 Å². The van der Waals surface area contributed by atoms with Crippen molar-refractivity contribution in [3.05, 3.63) is 6.92 Å². The molecule has 0 atom stereocenters. The third-order valence-electron chi connectivity index (χ3n) is 1.18. The van der Waals surface area contributed by atoms with Crippen LogP contribution in [0.3, 0.4) is 0 Å². The number of hydrogen-bond acceptors (Lipinski definition) is 3. The van der Waals surface area contributed by atoms with Gasteiger partial charge in [-0.05, 0) is 20.8 Å². The molecule has 0 aliphatic heterocycles. The second-order valence-corrected chi connectivity index (χ2v) is 3.75. The number of carbonyl (C=O) groups is 1. The molecule has 0 aliphatic carbocycles. The summed E-state index contributed by atoms with van der Waals surface area (Å²) in [5.41, 5.74) is -0.609. The highest BCUT2D eigenvalue weighted by atomic mass is 32.2. The van der Waals surface area contributed by atoms with Crippen LogP contribution in [0.25, 0.3) is 0 Å². The van der Waals surface area contributed by atoms with Crippen molar-refractivity contribution in [1.29, 1.82) is 0 Å². The summed E-state index contributed by atoms with van der Waals surface area (Å²) in [6.07, 6.45) is 0. The van der Waals surface area contributed by atoms with E-state index in [2.05, 4.69) is 6.92 Å². The van der Waals surface area contributed by atoms with E-state index in [4.69, 9.17) is 5.11 Å². The summed E-state index contributed by atoms with van der Waals surface area (Å²) < 4.78 is 0. The van der Waals surface area contributed by atoms with E-state index in [1.165, 1.54) is 0 Å². The van der Waals surface area contributed by atoms with Crippen LogP contribution in [0.15, 0.2) is 0 Å². The third kappa shape index (κ3) is 2.71. The number of carbonyl (C=O) groups excluding carboxylic acids is 1. The Morgan fingerprint density at radius 3 is 2.50 bits per heavy atom. The molecular weight excluding hydrogens is 148 g/mol. The van der Waals surface area contributed by atoms with Crippen LogP contribution < -0.4 is 0 Å². The lowest BCUT2D eigenvalue weighted by atomic mass is 9.97. The molecule has 0 saturated carbocycles. The zero-order chi connectivity index (χ0) is 8.20. The van der Waals surface area contributed by atoms with Crippen LogP contribution in [-0.2, 0) is 4.79 Å². The molecular formula is C7H13O2S. The molecule has 0 aromatic rings. The Kier molecular flexibility index (Phi) is 3.98. The molecule has 10 heavy (non-hydrogen) atoms. The van der Waals surface area contributed by atoms with Crippen molar-refractivity contribution in [3.63, 3.8) is 0 Å². The first-order chi connectivity index (χ1) is 4.54. The maximum atomic E-state index is 11.1. The molecule has 1 radical (unpaired) electrons. The van der Waals surface area contributed by atoms with Gasteiger partial charge in [-0.25, -0.2) is 0 Å². The fourth-order valence-corrected chi connectivity index (χ4v) is 0.993. The van der Waals surface area contributed by atoms with Crippen molar-refractivity contribution >= 4 is 16.9 Å². The summed E-state index contributed by atoms with van der Waals surface area (Å²) >= 11 is 1.15. The average molecular weight is 161 g/mol. The fraction of sp³-hybridized carbons (Fsp3) is 0.714. The van der Waals surface area contributed by atoms with Crippen LogP contribution in [0.4, 0.5) is 0 Å². The van der Waals surface area contributed by atoms with Gasteiger partial charge in [-0.3, -0.25) is 4.79 Å². The minimum absolute atomic E-state index is 0.00463. The second-order valence-electron chi connectivity index (χ2n) is 2.68. The zero-order valence-corrected chi connectivity index (χ0v) is 7.20. The van der Waals surface area contributed by atoms with E-state index >= 15 is 0 Å². The number of aliphatic hydroxyl groups is 1. The molecule has 0 aromatic heterocycles. The van der Waals surface area contributed by atoms with E-state index in [1.807, 2.05) is 0 Å². The van der Waals surface area contributed by atoms with Gasteiger partial charge in [0.05, 0.1) is 12.0 Å². The van der Waals surface area contributed by atoms with Crippen molar-refractivity contribution in [1.82, 2.24) is 0 Å². The minimum Gasteiger partial charge on any atom is -0.395 e. The average Bonchev–Trinajstić information content (AvgIpc) is 1.89. The van der Waals surface area contributed by atoms with Crippen molar-refractivity contribution in [2.45, 2.75) is 13.8 Å². The summed E-state index contributed by atoms with van der Waals surface area (Å²) in [7, 11) is 0. The normalized spacial score (nSPS) is 11.6. The number of aliphatic hydroxyl groups excluding tert-OH is 1. The van der Waals surface area contributed by atoms with Gasteiger partial charge in [-0.2, -0.15) is 0 Å². The lowest BCUT2D eigenvalue weighted by Gasteiger charge is -2.17. The lowest BCUT2D eigenvalue weighted by Crippen LogP contribution is -2.25. The Labute approximate surface area is 66.0 Å². The molecule has 0 rings (SSSR count). The monoisotopic (exact) mass is 161 g/mol. The molecule has 0 saturated heterocycles. The van der Waals surface area contributed by atoms with Crippen LogP contribution in [0, 0.1) is 12.3 Å². The van der Waals surface area contributed by atoms with Crippen LogP contribution in [0.5, 0.6) is 0 Å². The molecule has 3 heteroatoms. The topological polar surface area (TPSA) is 37.3 Å². The molecule has 1 N–H and O–H groups in total. The molecule has 0 amide bonds. The van der Waals surface area contributed by atoms with Crippen LogP contribution in [-0.4, -0.2) is 22.6 Å². The molecule has 0 aromatic carbocycles. The highest BCUT2D eigenvalue weighted by molar-refractivity contribution is 8.13. The van der Waals surface area contributed by atoms with Crippen molar-refractivity contribution < 1.29 is 9.90 Å². The Balaban J connectivity index is 3.91. The highest BCUT2D eigenvalue weighted by Crippen LogP contribution is 2.22. The number of hydrogen-bond donors (Lipinski definition) is 1. The van der Waals surface area contributed by atoms with Gasteiger partial charge in [0.1, 0.15) is 0 Å². The molecule has 59 valence electrons. The third-order valence-corrected chi connectivity index (χ3v) is 2.20. The number of rotatable bonds is 3. The Hall–Kier alpha value is -0.0200. The van der Waals surface area contributed by atoms with E-state index in [1.54, 1.807) is 13.8 Å². The van der Waals surface area contributed by atoms with E-state index < -0.39 is 5.41 Å². The maximum absolute atomic E-state index is 11.1. The van der Waals surface area contributed by atoms with Crippen LogP contribution >= 0.6 is 11.8 Å². The van der Waals surface area contributed by atoms with Crippen LogP contribution in [0.2, 0.25) is 0 Å². The first-order valence-corrected chi connectivity index (χ1v) is 4.10. The van der Waals surface area contributed by atoms with E-state index in [-0.39, 0.29) is 11.7 Å². The van der Waals surface area contributed by atoms with Crippen molar-refractivity contribution in [2.24, 2.45) is 5.41 Å². The molecule has 0 bridgehead atoms. The maximum Gasteiger partial charge on any atom is 0.196 e. The molecule has 0 fully saturated rings. The molecule has 2 nitrogen and oxygen atoms in total. The summed E-state index contributed by atoms with van der Waals surface area (Å²) in [4.78, 5) is 11.1. The van der Waals surface area contributed by atoms with Crippen molar-refractivity contribution in [2.75, 3.05) is 12.4 Å². The summed E-state index contributed by atoms with van der Waals surface area (Å²) in [6, 6.07) is 0. The second kappa shape index (κ2) is 3.98. The molecule has 0 spiro atoms. The van der Waals surface area contributed by atoms with Crippen molar-refractivity contribution in [3.8, 4) is 0 Å².